The van der Waals surface area contributed by atoms with Crippen molar-refractivity contribution in [2.45, 2.75) is 129 Å². The van der Waals surface area contributed by atoms with Gasteiger partial charge in [-0.15, -0.1) is 0 Å². The van der Waals surface area contributed by atoms with Crippen LogP contribution in [0.25, 0.3) is 0 Å². The number of Topliss-reactive ketones (excluding diaryl/α,β-unsaturated/α-hetero) is 2. The minimum atomic E-state index is -1.16. The Morgan fingerprint density at radius 2 is 1.65 bits per heavy atom. The van der Waals surface area contributed by atoms with Crippen LogP contribution in [0.3, 0.4) is 0 Å². The van der Waals surface area contributed by atoms with E-state index < -0.39 is 17.5 Å². The molecule has 1 aliphatic carbocycles. The van der Waals surface area contributed by atoms with Crippen molar-refractivity contribution in [3.63, 3.8) is 0 Å². The van der Waals surface area contributed by atoms with E-state index in [1.165, 1.54) is 38.5 Å². The van der Waals surface area contributed by atoms with Crippen LogP contribution in [-0.4, -0.2) is 35.8 Å². The van der Waals surface area contributed by atoms with Crippen LogP contribution in [0.15, 0.2) is 0 Å². The minimum Gasteiger partial charge on any atom is -0.450 e. The molecule has 5 heteroatoms. The Bertz CT molecular complexity index is 701. The molecule has 3 aliphatic rings. The van der Waals surface area contributed by atoms with Crippen LogP contribution in [0.2, 0.25) is 0 Å². The molecule has 6 unspecified atom stereocenters. The van der Waals surface area contributed by atoms with Gasteiger partial charge in [0.05, 0.1) is 12.7 Å². The normalized spacial score (nSPS) is 33.0. The fourth-order valence-corrected chi connectivity index (χ4v) is 6.46. The van der Waals surface area contributed by atoms with Crippen molar-refractivity contribution in [1.29, 1.82) is 0 Å². The second-order valence-electron chi connectivity index (χ2n) is 11.8. The minimum absolute atomic E-state index is 0.0173. The van der Waals surface area contributed by atoms with Gasteiger partial charge in [-0.2, -0.15) is 0 Å². The van der Waals surface area contributed by atoms with E-state index in [9.17, 15) is 14.4 Å². The molecule has 0 radical (unpaired) electrons. The van der Waals surface area contributed by atoms with Crippen molar-refractivity contribution in [3.8, 4) is 0 Å². The van der Waals surface area contributed by atoms with Gasteiger partial charge in [-0.1, -0.05) is 72.1 Å². The lowest BCUT2D eigenvalue weighted by atomic mass is 9.60. The number of unbranched alkanes of at least 4 members (excludes halogenated alkanes) is 8. The zero-order valence-electron chi connectivity index (χ0n) is 22.1. The van der Waals surface area contributed by atoms with Gasteiger partial charge < -0.3 is 9.47 Å². The topological polar surface area (TPSA) is 69.7 Å². The van der Waals surface area contributed by atoms with E-state index in [1.807, 2.05) is 0 Å². The zero-order chi connectivity index (χ0) is 24.7. The van der Waals surface area contributed by atoms with Crippen molar-refractivity contribution in [2.24, 2.45) is 29.6 Å². The van der Waals surface area contributed by atoms with Crippen molar-refractivity contribution in [3.05, 3.63) is 0 Å². The summed E-state index contributed by atoms with van der Waals surface area (Å²) in [6.07, 6.45) is 15.0. The molecule has 0 N–H and O–H groups in total. The number of ether oxygens (including phenoxy) is 2. The van der Waals surface area contributed by atoms with Crippen molar-refractivity contribution < 1.29 is 23.9 Å². The maximum Gasteiger partial charge on any atom is 0.317 e. The third-order valence-corrected chi connectivity index (χ3v) is 8.64. The average molecular weight is 477 g/mol. The number of carbonyl (C=O) groups excluding carboxylic acids is 3. The van der Waals surface area contributed by atoms with Crippen LogP contribution in [-0.2, 0) is 23.9 Å². The first kappa shape index (κ1) is 27.4. The molecule has 2 heterocycles. The number of hydrogen-bond acceptors (Lipinski definition) is 5. The van der Waals surface area contributed by atoms with Crippen LogP contribution >= 0.6 is 0 Å². The van der Waals surface area contributed by atoms with Gasteiger partial charge in [-0.3, -0.25) is 14.4 Å². The summed E-state index contributed by atoms with van der Waals surface area (Å²) in [6.45, 7) is 8.82. The summed E-state index contributed by atoms with van der Waals surface area (Å²) in [4.78, 5) is 39.4. The summed E-state index contributed by atoms with van der Waals surface area (Å²) in [7, 11) is 0. The number of fused-ring (bicyclic) bond motifs is 2. The Kier molecular flexibility index (Phi) is 10.2. The maximum absolute atomic E-state index is 13.4. The molecule has 0 aromatic rings. The molecular formula is C29H48O5. The predicted molar refractivity (Wildman–Crippen MR) is 133 cm³/mol. The lowest BCUT2D eigenvalue weighted by molar-refractivity contribution is -0.172. The molecule has 3 rings (SSSR count). The first-order chi connectivity index (χ1) is 16.3. The van der Waals surface area contributed by atoms with Crippen LogP contribution in [0.4, 0.5) is 0 Å². The van der Waals surface area contributed by atoms with E-state index in [2.05, 4.69) is 20.8 Å². The summed E-state index contributed by atoms with van der Waals surface area (Å²) >= 11 is 0. The third kappa shape index (κ3) is 6.50. The van der Waals surface area contributed by atoms with Gasteiger partial charge in [0, 0.05) is 18.3 Å². The van der Waals surface area contributed by atoms with Crippen LogP contribution in [0.5, 0.6) is 0 Å². The van der Waals surface area contributed by atoms with E-state index in [0.29, 0.717) is 25.4 Å². The Balaban J connectivity index is 1.51. The molecule has 194 valence electrons. The SMILES string of the molecule is CCCCCCCCCCCC(=O)C1C(=O)OC2(C)C(=O)C3COC(CCC(C)C)CC3CC12. The monoisotopic (exact) mass is 476 g/mol. The van der Waals surface area contributed by atoms with E-state index >= 15 is 0 Å². The highest BCUT2D eigenvalue weighted by molar-refractivity contribution is 6.05. The van der Waals surface area contributed by atoms with Gasteiger partial charge in [-0.05, 0) is 50.9 Å². The Morgan fingerprint density at radius 1 is 1.00 bits per heavy atom. The predicted octanol–water partition coefficient (Wildman–Crippen LogP) is 6.45. The van der Waals surface area contributed by atoms with Gasteiger partial charge in [0.15, 0.2) is 11.4 Å². The molecule has 0 aromatic carbocycles. The van der Waals surface area contributed by atoms with Gasteiger partial charge in [0.2, 0.25) is 0 Å². The lowest BCUT2D eigenvalue weighted by Gasteiger charge is -2.46. The highest BCUT2D eigenvalue weighted by atomic mass is 16.6. The lowest BCUT2D eigenvalue weighted by Crippen LogP contribution is -2.56. The van der Waals surface area contributed by atoms with Crippen LogP contribution < -0.4 is 0 Å². The fraction of sp³-hybridized carbons (Fsp3) is 0.897. The second-order valence-corrected chi connectivity index (χ2v) is 11.8. The molecule has 5 nitrogen and oxygen atoms in total. The van der Waals surface area contributed by atoms with Crippen molar-refractivity contribution in [1.82, 2.24) is 0 Å². The summed E-state index contributed by atoms with van der Waals surface area (Å²) in [5.41, 5.74) is -1.16. The molecule has 2 saturated heterocycles. The zero-order valence-corrected chi connectivity index (χ0v) is 22.1. The maximum atomic E-state index is 13.4. The molecule has 2 aliphatic heterocycles. The van der Waals surface area contributed by atoms with E-state index in [1.54, 1.807) is 6.92 Å². The molecule has 6 atom stereocenters. The summed E-state index contributed by atoms with van der Waals surface area (Å²) in [5.74, 6) is -0.993. The molecule has 1 saturated carbocycles. The highest BCUT2D eigenvalue weighted by Gasteiger charge is 2.64. The fourth-order valence-electron chi connectivity index (χ4n) is 6.46. The second kappa shape index (κ2) is 12.6. The van der Waals surface area contributed by atoms with Crippen molar-refractivity contribution in [2.75, 3.05) is 6.61 Å². The first-order valence-electron chi connectivity index (χ1n) is 14.2. The standard InChI is InChI=1S/C29H48O5/c1-5-6-7-8-9-10-11-12-13-14-25(30)26-24-18-21-17-22(16-15-20(2)3)33-19-23(21)27(31)29(24,4)34-28(26)32/h20-24,26H,5-19H2,1-4H3. The Hall–Kier alpha value is -1.23. The van der Waals surface area contributed by atoms with Crippen LogP contribution in [0.1, 0.15) is 118 Å². The summed E-state index contributed by atoms with van der Waals surface area (Å²) < 4.78 is 11.7. The third-order valence-electron chi connectivity index (χ3n) is 8.64. The smallest absolute Gasteiger partial charge is 0.317 e. The Labute approximate surface area is 207 Å². The first-order valence-corrected chi connectivity index (χ1v) is 14.2. The summed E-state index contributed by atoms with van der Waals surface area (Å²) in [6, 6.07) is 0. The molecule has 0 aromatic heterocycles. The van der Waals surface area contributed by atoms with E-state index in [4.69, 9.17) is 9.47 Å². The molecular weight excluding hydrogens is 428 g/mol. The highest BCUT2D eigenvalue weighted by Crippen LogP contribution is 2.51. The summed E-state index contributed by atoms with van der Waals surface area (Å²) in [5, 5.41) is 0. The molecule has 0 amide bonds. The van der Waals surface area contributed by atoms with Gasteiger partial charge in [0.1, 0.15) is 11.7 Å². The van der Waals surface area contributed by atoms with E-state index in [0.717, 1.165) is 38.5 Å². The number of carbonyl (C=O) groups is 3. The van der Waals surface area contributed by atoms with Gasteiger partial charge in [-0.25, -0.2) is 0 Å². The molecule has 34 heavy (non-hydrogen) atoms. The number of ketones is 2. The van der Waals surface area contributed by atoms with Crippen molar-refractivity contribution >= 4 is 17.5 Å². The molecule has 3 fully saturated rings. The quantitative estimate of drug-likeness (QED) is 0.164. The van der Waals surface area contributed by atoms with Gasteiger partial charge >= 0.3 is 5.97 Å². The average Bonchev–Trinajstić information content (AvgIpc) is 3.06. The molecule has 0 spiro atoms. The number of rotatable bonds is 14. The number of hydrogen-bond donors (Lipinski definition) is 0. The Morgan fingerprint density at radius 3 is 2.29 bits per heavy atom. The van der Waals surface area contributed by atoms with Gasteiger partial charge in [0.25, 0.3) is 0 Å². The number of esters is 1. The van der Waals surface area contributed by atoms with Crippen LogP contribution in [0, 0.1) is 29.6 Å². The van der Waals surface area contributed by atoms with E-state index in [-0.39, 0.29) is 35.4 Å². The molecule has 0 bridgehead atoms. The largest absolute Gasteiger partial charge is 0.450 e.